The molecule has 1 saturated heterocycles. The number of anilines is 2. The first-order valence-corrected chi connectivity index (χ1v) is 8.66. The van der Waals surface area contributed by atoms with E-state index in [1.54, 1.807) is 18.2 Å². The number of hydrogen-bond acceptors (Lipinski definition) is 7. The van der Waals surface area contributed by atoms with Crippen LogP contribution in [0.2, 0.25) is 0 Å². The number of nitrogens with zero attached hydrogens (tertiary/aromatic N) is 4. The van der Waals surface area contributed by atoms with E-state index < -0.39 is 28.3 Å². The maximum absolute atomic E-state index is 13.0. The SMILES string of the molecule is C=CC[C@@H]1CN(c2c(N)c(=O)c2=O)C[C@]1(N=[N+]=[N-])C(=O)OCc1ccccc1. The van der Waals surface area contributed by atoms with Gasteiger partial charge >= 0.3 is 5.97 Å². The van der Waals surface area contributed by atoms with E-state index >= 15 is 0 Å². The van der Waals surface area contributed by atoms with Crippen LogP contribution in [0.15, 0.2) is 57.7 Å². The van der Waals surface area contributed by atoms with Crippen molar-refractivity contribution in [3.63, 3.8) is 0 Å². The Balaban J connectivity index is 1.90. The normalized spacial score (nSPS) is 21.3. The van der Waals surface area contributed by atoms with Gasteiger partial charge in [-0.15, -0.1) is 6.58 Å². The van der Waals surface area contributed by atoms with Crippen molar-refractivity contribution >= 4 is 17.3 Å². The van der Waals surface area contributed by atoms with Crippen molar-refractivity contribution in [3.05, 3.63) is 79.4 Å². The number of allylic oxidation sites excluding steroid dienone is 1. The zero-order valence-corrected chi connectivity index (χ0v) is 15.1. The molecular weight excluding hydrogens is 362 g/mol. The zero-order chi connectivity index (χ0) is 20.3. The van der Waals surface area contributed by atoms with Crippen molar-refractivity contribution in [2.24, 2.45) is 11.0 Å². The lowest BCUT2D eigenvalue weighted by atomic mass is 9.85. The average molecular weight is 381 g/mol. The molecule has 1 fully saturated rings. The first kappa shape index (κ1) is 19.2. The number of benzene rings is 1. The second kappa shape index (κ2) is 7.58. The predicted octanol–water partition coefficient (Wildman–Crippen LogP) is 1.67. The molecule has 1 heterocycles. The molecule has 3 rings (SSSR count). The molecule has 1 aliphatic rings. The summed E-state index contributed by atoms with van der Waals surface area (Å²) in [5.74, 6) is -1.17. The highest BCUT2D eigenvalue weighted by Gasteiger charge is 2.54. The Hall–Kier alpha value is -3.58. The summed E-state index contributed by atoms with van der Waals surface area (Å²) in [6.45, 7) is 3.81. The number of ether oxygens (including phenoxy) is 1. The van der Waals surface area contributed by atoms with Crippen LogP contribution in [-0.4, -0.2) is 24.6 Å². The Morgan fingerprint density at radius 2 is 2.11 bits per heavy atom. The van der Waals surface area contributed by atoms with Crippen molar-refractivity contribution < 1.29 is 9.53 Å². The van der Waals surface area contributed by atoms with Crippen LogP contribution in [-0.2, 0) is 16.1 Å². The summed E-state index contributed by atoms with van der Waals surface area (Å²) in [6.07, 6.45) is 1.96. The second-order valence-electron chi connectivity index (χ2n) is 6.70. The topological polar surface area (TPSA) is 138 Å². The lowest BCUT2D eigenvalue weighted by Crippen LogP contribution is -2.47. The van der Waals surface area contributed by atoms with Crippen LogP contribution >= 0.6 is 0 Å². The second-order valence-corrected chi connectivity index (χ2v) is 6.70. The summed E-state index contributed by atoms with van der Waals surface area (Å²) in [4.78, 5) is 40.7. The third kappa shape index (κ3) is 3.12. The summed E-state index contributed by atoms with van der Waals surface area (Å²) < 4.78 is 5.44. The summed E-state index contributed by atoms with van der Waals surface area (Å²) in [5.41, 5.74) is 12.5. The third-order valence-electron chi connectivity index (χ3n) is 5.03. The monoisotopic (exact) mass is 381 g/mol. The Bertz CT molecular complexity index is 1020. The quantitative estimate of drug-likeness (QED) is 0.193. The third-order valence-corrected chi connectivity index (χ3v) is 5.03. The first-order valence-electron chi connectivity index (χ1n) is 8.66. The number of nitrogens with two attached hydrogens (primary N) is 1. The van der Waals surface area contributed by atoms with Gasteiger partial charge in [-0.05, 0) is 17.5 Å². The minimum absolute atomic E-state index is 0.0193. The van der Waals surface area contributed by atoms with E-state index in [0.717, 1.165) is 5.56 Å². The Kier molecular flexibility index (Phi) is 5.19. The van der Waals surface area contributed by atoms with E-state index in [-0.39, 0.29) is 31.1 Å². The number of rotatable bonds is 7. The lowest BCUT2D eigenvalue weighted by Gasteiger charge is -2.27. The molecule has 0 spiro atoms. The molecule has 2 atom stereocenters. The van der Waals surface area contributed by atoms with Crippen LogP contribution in [0.4, 0.5) is 11.4 Å². The van der Waals surface area contributed by atoms with Gasteiger partial charge in [0.15, 0.2) is 5.54 Å². The highest BCUT2D eigenvalue weighted by Crippen LogP contribution is 2.38. The van der Waals surface area contributed by atoms with Gasteiger partial charge in [-0.3, -0.25) is 14.4 Å². The number of carbonyl (C=O) groups is 1. The minimum Gasteiger partial charge on any atom is -0.460 e. The van der Waals surface area contributed by atoms with E-state index in [1.807, 2.05) is 18.2 Å². The number of nitrogen functional groups attached to an aromatic ring is 1. The lowest BCUT2D eigenvalue weighted by molar-refractivity contribution is -0.152. The van der Waals surface area contributed by atoms with E-state index in [0.29, 0.717) is 6.42 Å². The van der Waals surface area contributed by atoms with Crippen LogP contribution in [0, 0.1) is 5.92 Å². The highest BCUT2D eigenvalue weighted by molar-refractivity contribution is 5.85. The molecule has 0 saturated carbocycles. The summed E-state index contributed by atoms with van der Waals surface area (Å²) in [7, 11) is 0. The van der Waals surface area contributed by atoms with E-state index in [9.17, 15) is 14.4 Å². The smallest absolute Gasteiger partial charge is 0.320 e. The van der Waals surface area contributed by atoms with Gasteiger partial charge in [-0.1, -0.05) is 41.5 Å². The van der Waals surface area contributed by atoms with Crippen molar-refractivity contribution in [1.29, 1.82) is 0 Å². The van der Waals surface area contributed by atoms with Crippen LogP contribution < -0.4 is 21.5 Å². The first-order chi connectivity index (χ1) is 13.4. The zero-order valence-electron chi connectivity index (χ0n) is 15.1. The van der Waals surface area contributed by atoms with Crippen LogP contribution in [0.1, 0.15) is 12.0 Å². The van der Waals surface area contributed by atoms with Crippen molar-refractivity contribution in [2.75, 3.05) is 23.7 Å². The van der Waals surface area contributed by atoms with Gasteiger partial charge in [0.1, 0.15) is 18.0 Å². The number of carbonyl (C=O) groups excluding carboxylic acids is 1. The Labute approximate surface area is 160 Å². The molecule has 2 aromatic rings. The molecule has 9 heteroatoms. The Morgan fingerprint density at radius 3 is 2.71 bits per heavy atom. The number of azide groups is 1. The van der Waals surface area contributed by atoms with Crippen LogP contribution in [0.3, 0.4) is 0 Å². The summed E-state index contributed by atoms with van der Waals surface area (Å²) in [5, 5.41) is 3.78. The molecule has 1 aliphatic heterocycles. The number of hydrogen-bond donors (Lipinski definition) is 1. The molecule has 0 amide bonds. The fourth-order valence-corrected chi connectivity index (χ4v) is 3.57. The molecule has 28 heavy (non-hydrogen) atoms. The molecule has 144 valence electrons. The molecule has 0 aliphatic carbocycles. The molecule has 2 N–H and O–H groups in total. The highest BCUT2D eigenvalue weighted by atomic mass is 16.5. The van der Waals surface area contributed by atoms with Crippen molar-refractivity contribution in [2.45, 2.75) is 18.6 Å². The van der Waals surface area contributed by atoms with Gasteiger partial charge in [-0.25, -0.2) is 0 Å². The van der Waals surface area contributed by atoms with Gasteiger partial charge in [0, 0.05) is 23.9 Å². The van der Waals surface area contributed by atoms with Gasteiger partial charge in [0.05, 0.1) is 0 Å². The predicted molar refractivity (Wildman–Crippen MR) is 104 cm³/mol. The van der Waals surface area contributed by atoms with Crippen LogP contribution in [0.25, 0.3) is 10.4 Å². The van der Waals surface area contributed by atoms with Crippen LogP contribution in [0.5, 0.6) is 0 Å². The molecule has 0 bridgehead atoms. The fourth-order valence-electron chi connectivity index (χ4n) is 3.57. The van der Waals surface area contributed by atoms with Gasteiger partial charge in [0.25, 0.3) is 10.9 Å². The molecule has 0 radical (unpaired) electrons. The van der Waals surface area contributed by atoms with Crippen molar-refractivity contribution in [3.8, 4) is 0 Å². The minimum atomic E-state index is -1.55. The van der Waals surface area contributed by atoms with Gasteiger partial charge < -0.3 is 15.4 Å². The Morgan fingerprint density at radius 1 is 1.39 bits per heavy atom. The molecule has 0 aromatic heterocycles. The van der Waals surface area contributed by atoms with Crippen molar-refractivity contribution in [1.82, 2.24) is 0 Å². The molecule has 9 nitrogen and oxygen atoms in total. The maximum atomic E-state index is 13.0. The molecular formula is C19H19N5O4. The fraction of sp³-hybridized carbons (Fsp3) is 0.316. The maximum Gasteiger partial charge on any atom is 0.320 e. The number of esters is 1. The molecule has 0 unspecified atom stereocenters. The van der Waals surface area contributed by atoms with E-state index in [4.69, 9.17) is 16.0 Å². The van der Waals surface area contributed by atoms with E-state index in [2.05, 4.69) is 16.6 Å². The van der Waals surface area contributed by atoms with Gasteiger partial charge in [-0.2, -0.15) is 0 Å². The standard InChI is InChI=1S/C19H19N5O4/c1-2-6-13-9-24(15-14(20)16(25)17(15)26)11-19(13,22-23-21)18(27)28-10-12-7-4-3-5-8-12/h2-5,7-8,13H,1,6,9-11,20H2/t13-,19-/m1/s1. The largest absolute Gasteiger partial charge is 0.460 e. The molecule has 2 aromatic carbocycles. The average Bonchev–Trinajstić information content (AvgIpc) is 3.06. The van der Waals surface area contributed by atoms with Gasteiger partial charge in [0.2, 0.25) is 0 Å². The van der Waals surface area contributed by atoms with E-state index in [1.165, 1.54) is 4.90 Å². The summed E-state index contributed by atoms with van der Waals surface area (Å²) in [6, 6.07) is 9.09. The summed E-state index contributed by atoms with van der Waals surface area (Å²) >= 11 is 0.